The molecule has 1 fully saturated rings. The van der Waals surface area contributed by atoms with Crippen molar-refractivity contribution < 1.29 is 4.39 Å². The number of hydrogen-bond acceptors (Lipinski definition) is 3. The smallest absolute Gasteiger partial charge is 0.207 e. The molecular formula is C11H16FIN4. The van der Waals surface area contributed by atoms with Gasteiger partial charge in [-0.05, 0) is 32.0 Å². The number of hydrogen-bond donors (Lipinski definition) is 1. The standard InChI is InChI=1S/C11H16FIN4/c12-10-9(14)11(8-1-4-15-17(8)10)2-5-16(7-13)6-3-11/h1,4,9-10H,2-3,5-7,14H2/t9-,10?/m1/s1. The van der Waals surface area contributed by atoms with E-state index < -0.39 is 12.3 Å². The summed E-state index contributed by atoms with van der Waals surface area (Å²) in [6.45, 7) is 1.99. The molecule has 1 saturated heterocycles. The summed E-state index contributed by atoms with van der Waals surface area (Å²) in [5.74, 6) is 0. The van der Waals surface area contributed by atoms with Crippen LogP contribution in [0.3, 0.4) is 0 Å². The lowest BCUT2D eigenvalue weighted by atomic mass is 9.72. The van der Waals surface area contributed by atoms with E-state index in [1.807, 2.05) is 6.07 Å². The predicted molar refractivity (Wildman–Crippen MR) is 71.7 cm³/mol. The lowest BCUT2D eigenvalue weighted by Gasteiger charge is -2.40. The number of alkyl halides is 2. The molecule has 1 aromatic rings. The van der Waals surface area contributed by atoms with E-state index >= 15 is 0 Å². The number of likely N-dealkylation sites (tertiary alicyclic amines) is 1. The van der Waals surface area contributed by atoms with Crippen molar-refractivity contribution >= 4 is 22.6 Å². The average Bonchev–Trinajstić information content (AvgIpc) is 2.92. The zero-order chi connectivity index (χ0) is 12.0. The quantitative estimate of drug-likeness (QED) is 0.474. The van der Waals surface area contributed by atoms with Gasteiger partial charge in [-0.15, -0.1) is 0 Å². The average molecular weight is 350 g/mol. The highest BCUT2D eigenvalue weighted by molar-refractivity contribution is 14.1. The van der Waals surface area contributed by atoms with Crippen molar-refractivity contribution in [1.82, 2.24) is 14.7 Å². The first-order valence-corrected chi connectivity index (χ1v) is 7.43. The summed E-state index contributed by atoms with van der Waals surface area (Å²) in [5, 5.41) is 4.06. The van der Waals surface area contributed by atoms with Gasteiger partial charge in [0.1, 0.15) is 0 Å². The number of piperidine rings is 1. The molecule has 4 nitrogen and oxygen atoms in total. The molecular weight excluding hydrogens is 334 g/mol. The topological polar surface area (TPSA) is 47.1 Å². The molecule has 0 amide bonds. The molecule has 94 valence electrons. The van der Waals surface area contributed by atoms with Crippen molar-refractivity contribution in [1.29, 1.82) is 0 Å². The molecule has 17 heavy (non-hydrogen) atoms. The number of fused-ring (bicyclic) bond motifs is 2. The fourth-order valence-electron chi connectivity index (χ4n) is 3.15. The van der Waals surface area contributed by atoms with Crippen molar-refractivity contribution in [2.45, 2.75) is 30.6 Å². The first-order valence-electron chi connectivity index (χ1n) is 5.91. The number of aromatic nitrogens is 2. The highest BCUT2D eigenvalue weighted by Crippen LogP contribution is 2.47. The molecule has 1 unspecified atom stereocenters. The van der Waals surface area contributed by atoms with Crippen molar-refractivity contribution in [3.05, 3.63) is 18.0 Å². The molecule has 6 heteroatoms. The summed E-state index contributed by atoms with van der Waals surface area (Å²) in [6.07, 6.45) is 2.39. The van der Waals surface area contributed by atoms with E-state index in [1.54, 1.807) is 6.20 Å². The van der Waals surface area contributed by atoms with Gasteiger partial charge < -0.3 is 5.73 Å². The summed E-state index contributed by atoms with van der Waals surface area (Å²) in [5.41, 5.74) is 6.91. The van der Waals surface area contributed by atoms with Crippen molar-refractivity contribution in [3.63, 3.8) is 0 Å². The van der Waals surface area contributed by atoms with E-state index in [0.29, 0.717) is 0 Å². The summed E-state index contributed by atoms with van der Waals surface area (Å²) in [4.78, 5) is 2.38. The van der Waals surface area contributed by atoms with Gasteiger partial charge >= 0.3 is 0 Å². The molecule has 0 aliphatic carbocycles. The molecule has 0 radical (unpaired) electrons. The Hall–Kier alpha value is -0.210. The van der Waals surface area contributed by atoms with Gasteiger partial charge in [0.25, 0.3) is 0 Å². The maximum absolute atomic E-state index is 14.1. The molecule has 0 aromatic carbocycles. The molecule has 2 atom stereocenters. The molecule has 0 saturated carbocycles. The molecule has 3 rings (SSSR count). The molecule has 2 N–H and O–H groups in total. The lowest BCUT2D eigenvalue weighted by molar-refractivity contribution is 0.124. The first-order chi connectivity index (χ1) is 8.19. The molecule has 1 spiro atoms. The summed E-state index contributed by atoms with van der Waals surface area (Å²) >= 11 is 2.37. The van der Waals surface area contributed by atoms with Crippen LogP contribution in [0, 0.1) is 0 Å². The third-order valence-electron chi connectivity index (χ3n) is 4.27. The molecule has 2 aliphatic rings. The van der Waals surface area contributed by atoms with E-state index in [-0.39, 0.29) is 5.41 Å². The Morgan fingerprint density at radius 3 is 2.88 bits per heavy atom. The molecule has 1 aromatic heterocycles. The zero-order valence-electron chi connectivity index (χ0n) is 9.52. The second-order valence-corrected chi connectivity index (χ2v) is 5.64. The van der Waals surface area contributed by atoms with E-state index in [9.17, 15) is 4.39 Å². The number of nitrogens with zero attached hydrogens (tertiary/aromatic N) is 3. The summed E-state index contributed by atoms with van der Waals surface area (Å²) in [7, 11) is 0. The first kappa shape index (κ1) is 11.9. The van der Waals surface area contributed by atoms with Crippen LogP contribution in [0.25, 0.3) is 0 Å². The van der Waals surface area contributed by atoms with Crippen LogP contribution in [-0.4, -0.2) is 38.4 Å². The number of rotatable bonds is 1. The number of nitrogens with two attached hydrogens (primary N) is 1. The Balaban J connectivity index is 1.93. The van der Waals surface area contributed by atoms with Crippen LogP contribution in [0.15, 0.2) is 12.3 Å². The minimum absolute atomic E-state index is 0.196. The van der Waals surface area contributed by atoms with Gasteiger partial charge in [0.2, 0.25) is 6.30 Å². The number of halogens is 2. The third kappa shape index (κ3) is 1.57. The van der Waals surface area contributed by atoms with Crippen LogP contribution in [0.5, 0.6) is 0 Å². The Morgan fingerprint density at radius 2 is 2.24 bits per heavy atom. The fraction of sp³-hybridized carbons (Fsp3) is 0.727. The minimum Gasteiger partial charge on any atom is -0.323 e. The summed E-state index contributed by atoms with van der Waals surface area (Å²) in [6, 6.07) is 1.49. The SMILES string of the molecule is N[C@@H]1C(F)n2nccc2C12CCN(CI)CC2. The van der Waals surface area contributed by atoms with Gasteiger partial charge in [-0.3, -0.25) is 4.90 Å². The Bertz CT molecular complexity index is 413. The van der Waals surface area contributed by atoms with Gasteiger partial charge in [0, 0.05) is 17.3 Å². The van der Waals surface area contributed by atoms with Crippen LogP contribution in [0.4, 0.5) is 4.39 Å². The van der Waals surface area contributed by atoms with E-state index in [4.69, 9.17) is 5.73 Å². The second-order valence-electron chi connectivity index (χ2n) is 4.95. The van der Waals surface area contributed by atoms with E-state index in [2.05, 4.69) is 32.6 Å². The largest absolute Gasteiger partial charge is 0.323 e. The van der Waals surface area contributed by atoms with Gasteiger partial charge in [-0.2, -0.15) is 5.10 Å². The van der Waals surface area contributed by atoms with Crippen molar-refractivity contribution in [2.75, 3.05) is 17.6 Å². The van der Waals surface area contributed by atoms with Gasteiger partial charge in [-0.1, -0.05) is 22.6 Å². The third-order valence-corrected chi connectivity index (χ3v) is 5.23. The van der Waals surface area contributed by atoms with Crippen LogP contribution in [0.2, 0.25) is 0 Å². The van der Waals surface area contributed by atoms with Gasteiger partial charge in [0.05, 0.1) is 10.6 Å². The Labute approximate surface area is 113 Å². The van der Waals surface area contributed by atoms with Gasteiger partial charge in [0.15, 0.2) is 0 Å². The Kier molecular flexibility index (Phi) is 2.91. The minimum atomic E-state index is -1.16. The van der Waals surface area contributed by atoms with Crippen LogP contribution >= 0.6 is 22.6 Å². The fourth-order valence-corrected chi connectivity index (χ4v) is 3.83. The second kappa shape index (κ2) is 4.17. The van der Waals surface area contributed by atoms with Crippen molar-refractivity contribution in [3.8, 4) is 0 Å². The maximum atomic E-state index is 14.1. The van der Waals surface area contributed by atoms with Crippen molar-refractivity contribution in [2.24, 2.45) is 5.73 Å². The predicted octanol–water partition coefficient (Wildman–Crippen LogP) is 1.42. The van der Waals surface area contributed by atoms with E-state index in [1.165, 1.54) is 4.68 Å². The van der Waals surface area contributed by atoms with Gasteiger partial charge in [-0.25, -0.2) is 9.07 Å². The highest BCUT2D eigenvalue weighted by atomic mass is 127. The molecule has 2 aliphatic heterocycles. The molecule has 0 bridgehead atoms. The van der Waals surface area contributed by atoms with Crippen LogP contribution in [0.1, 0.15) is 24.8 Å². The van der Waals surface area contributed by atoms with Crippen LogP contribution < -0.4 is 5.73 Å². The monoisotopic (exact) mass is 350 g/mol. The zero-order valence-corrected chi connectivity index (χ0v) is 11.7. The normalized spacial score (nSPS) is 31.9. The molecule has 3 heterocycles. The lowest BCUT2D eigenvalue weighted by Crippen LogP contribution is -2.50. The maximum Gasteiger partial charge on any atom is 0.207 e. The van der Waals surface area contributed by atoms with Crippen LogP contribution in [-0.2, 0) is 5.41 Å². The van der Waals surface area contributed by atoms with E-state index in [0.717, 1.165) is 36.2 Å². The Morgan fingerprint density at radius 1 is 1.53 bits per heavy atom. The highest BCUT2D eigenvalue weighted by Gasteiger charge is 2.52. The summed E-state index contributed by atoms with van der Waals surface area (Å²) < 4.78 is 16.6.